The van der Waals surface area contributed by atoms with Crippen molar-refractivity contribution >= 4 is 35.4 Å². The second kappa shape index (κ2) is 17.6. The molecule has 1 saturated carbocycles. The van der Waals surface area contributed by atoms with E-state index in [1.165, 1.54) is 11.1 Å². The van der Waals surface area contributed by atoms with E-state index in [9.17, 15) is 4.79 Å². The van der Waals surface area contributed by atoms with E-state index in [-0.39, 0.29) is 16.8 Å². The predicted octanol–water partition coefficient (Wildman–Crippen LogP) is 13.2. The molecule has 49 heavy (non-hydrogen) atoms. The van der Waals surface area contributed by atoms with Gasteiger partial charge in [0.05, 0.1) is 22.6 Å². The Morgan fingerprint density at radius 3 is 1.37 bits per heavy atom. The summed E-state index contributed by atoms with van der Waals surface area (Å²) in [5, 5.41) is 0.745. The molecule has 2 nitrogen and oxygen atoms in total. The maximum atomic E-state index is 11.5. The zero-order valence-electron chi connectivity index (χ0n) is 33.1. The molecular formula is C43H65BrO2PPdSi+. The van der Waals surface area contributed by atoms with Crippen molar-refractivity contribution in [3.8, 4) is 0 Å². The minimum absolute atomic E-state index is 0.204. The van der Waals surface area contributed by atoms with Gasteiger partial charge in [0.1, 0.15) is 0 Å². The molecule has 0 saturated heterocycles. The number of esters is 1. The van der Waals surface area contributed by atoms with Crippen LogP contribution in [0.2, 0.25) is 25.7 Å². The third kappa shape index (κ3) is 13.4. The van der Waals surface area contributed by atoms with Crippen LogP contribution in [0.3, 0.4) is 0 Å². The van der Waals surface area contributed by atoms with Crippen LogP contribution in [0.1, 0.15) is 128 Å². The van der Waals surface area contributed by atoms with E-state index in [1.54, 1.807) is 35.4 Å². The van der Waals surface area contributed by atoms with E-state index in [0.717, 1.165) is 11.7 Å². The molecular weight excluding hydrogens is 794 g/mol. The topological polar surface area (TPSA) is 26.3 Å². The van der Waals surface area contributed by atoms with Crippen molar-refractivity contribution in [1.29, 1.82) is 0 Å². The number of hydrogen-bond donors (Lipinski definition) is 0. The first-order valence-corrected chi connectivity index (χ1v) is 26.6. The Hall–Kier alpha value is -1.08. The molecule has 0 unspecified atom stereocenters. The molecule has 0 spiro atoms. The molecule has 1 fully saturated rings. The summed E-state index contributed by atoms with van der Waals surface area (Å²) in [6.45, 7) is 36.1. The van der Waals surface area contributed by atoms with Crippen molar-refractivity contribution in [2.75, 3.05) is 6.61 Å². The van der Waals surface area contributed by atoms with E-state index in [2.05, 4.69) is 188 Å². The van der Waals surface area contributed by atoms with E-state index < -0.39 is 16.0 Å². The Morgan fingerprint density at radius 1 is 0.694 bits per heavy atom. The van der Waals surface area contributed by atoms with Gasteiger partial charge in [0.2, 0.25) is 0 Å². The summed E-state index contributed by atoms with van der Waals surface area (Å²) >= 11 is 5.35. The Balaban J connectivity index is 0.000000410. The van der Waals surface area contributed by atoms with Crippen LogP contribution in [-0.4, -0.2) is 36.6 Å². The molecule has 0 aromatic heterocycles. The third-order valence-corrected chi connectivity index (χ3v) is 15.7. The van der Waals surface area contributed by atoms with Gasteiger partial charge in [-0.05, 0) is 86.2 Å². The van der Waals surface area contributed by atoms with Gasteiger partial charge in [-0.25, -0.2) is 4.79 Å². The second-order valence-electron chi connectivity index (χ2n) is 19.0. The van der Waals surface area contributed by atoms with Gasteiger partial charge in [0.25, 0.3) is 0 Å². The molecule has 0 heterocycles. The average molecular weight is 859 g/mol. The molecule has 6 heteroatoms. The molecule has 4 rings (SSSR count). The summed E-state index contributed by atoms with van der Waals surface area (Å²) in [5.41, 5.74) is 7.74. The van der Waals surface area contributed by atoms with E-state index in [1.807, 2.05) is 0 Å². The zero-order valence-corrected chi connectivity index (χ0v) is 38.2. The van der Waals surface area contributed by atoms with Crippen molar-refractivity contribution < 1.29 is 26.7 Å². The number of halogens is 1. The summed E-state index contributed by atoms with van der Waals surface area (Å²) in [6, 6.07) is 30.0. The average Bonchev–Trinajstić information content (AvgIpc) is 3.70. The van der Waals surface area contributed by atoms with Crippen molar-refractivity contribution in [2.45, 2.75) is 147 Å². The Labute approximate surface area is 320 Å². The van der Waals surface area contributed by atoms with Crippen LogP contribution in [0, 0.1) is 6.07 Å². The molecule has 3 aromatic carbocycles. The van der Waals surface area contributed by atoms with Gasteiger partial charge in [-0.3, -0.25) is 0 Å². The van der Waals surface area contributed by atoms with Crippen molar-refractivity contribution in [2.24, 2.45) is 0 Å². The van der Waals surface area contributed by atoms with Gasteiger partial charge < -0.3 is 4.74 Å². The van der Waals surface area contributed by atoms with Crippen LogP contribution in [0.4, 0.5) is 0 Å². The summed E-state index contributed by atoms with van der Waals surface area (Å²) in [7, 11) is -1.76. The summed E-state index contributed by atoms with van der Waals surface area (Å²) in [6.07, 6.45) is 0. The SMILES string of the molecule is CC(C)(C)c1ccc([C@H]2C([PH+](C(C)(C)C)C(C)(C)C)[C@@H]2c2ccc(C(C)(C)C)cc2)cc1.C[Si](C)(C)CCOC(=O)c1cc[c-]cc1.[Br][Pd+]. The van der Waals surface area contributed by atoms with Gasteiger partial charge in [-0.15, -0.1) is 0 Å². The van der Waals surface area contributed by atoms with Crippen LogP contribution in [-0.2, 0) is 32.8 Å². The van der Waals surface area contributed by atoms with Crippen molar-refractivity contribution in [1.82, 2.24) is 0 Å². The molecule has 0 aliphatic heterocycles. The number of hydrogen-bond acceptors (Lipinski definition) is 2. The number of carbonyl (C=O) groups excluding carboxylic acids is 1. The molecule has 2 atom stereocenters. The normalized spacial score (nSPS) is 18.1. The number of carbonyl (C=O) groups is 1. The van der Waals surface area contributed by atoms with Crippen LogP contribution in [0.25, 0.3) is 0 Å². The first-order valence-electron chi connectivity index (χ1n) is 17.8. The van der Waals surface area contributed by atoms with Crippen molar-refractivity contribution in [3.63, 3.8) is 0 Å². The molecule has 0 radical (unpaired) electrons. The molecule has 1 aliphatic carbocycles. The third-order valence-electron chi connectivity index (χ3n) is 9.33. The molecule has 1 aliphatic rings. The standard InChI is InChI=1S/C31H47P.C12H17O2Si.BrH.Pd/c1-28(2,3)23-17-13-21(14-18-23)25-26(22-15-19-24(20-16-22)29(4,5)6)27(25)32(30(7,8)9)31(10,11)12;1-15(2,3)10-9-14-12(13)11-7-5-4-6-8-11;;/h13-20,25-27H,1-12H3;5-8H,9-10H2,1-3H3;1H;/q;-1;;+2/t25-,26-;;;/m1.../s1. The van der Waals surface area contributed by atoms with Gasteiger partial charge in [0.15, 0.2) is 0 Å². The minimum atomic E-state index is -1.11. The second-order valence-corrected chi connectivity index (χ2v) is 29.1. The fourth-order valence-corrected chi connectivity index (χ4v) is 13.5. The van der Waals surface area contributed by atoms with E-state index >= 15 is 0 Å². The fraction of sp³-hybridized carbons (Fsp3) is 0.558. The summed E-state index contributed by atoms with van der Waals surface area (Å²) in [5.74, 6) is 1.07. The van der Waals surface area contributed by atoms with E-state index in [0.29, 0.717) is 34.3 Å². The van der Waals surface area contributed by atoms with Gasteiger partial charge >= 0.3 is 36.6 Å². The molecule has 0 N–H and O–H groups in total. The summed E-state index contributed by atoms with van der Waals surface area (Å²) < 4.78 is 5.19. The zero-order chi connectivity index (χ0) is 37.6. The van der Waals surface area contributed by atoms with Gasteiger partial charge in [-0.2, -0.15) is 30.3 Å². The fourth-order valence-electron chi connectivity index (χ4n) is 7.09. The molecule has 3 aromatic rings. The van der Waals surface area contributed by atoms with Crippen LogP contribution in [0.15, 0.2) is 72.8 Å². The summed E-state index contributed by atoms with van der Waals surface area (Å²) in [4.78, 5) is 11.5. The van der Waals surface area contributed by atoms with Crippen molar-refractivity contribution in [3.05, 3.63) is 107 Å². The van der Waals surface area contributed by atoms with Crippen LogP contribution in [0.5, 0.6) is 0 Å². The molecule has 0 amide bonds. The predicted molar refractivity (Wildman–Crippen MR) is 220 cm³/mol. The first-order chi connectivity index (χ1) is 22.4. The molecule has 0 bridgehead atoms. The van der Waals surface area contributed by atoms with Gasteiger partial charge in [0, 0.05) is 27.8 Å². The molecule has 274 valence electrons. The first kappa shape index (κ1) is 44.1. The number of benzene rings is 3. The van der Waals surface area contributed by atoms with E-state index in [4.69, 9.17) is 4.74 Å². The van der Waals surface area contributed by atoms with Crippen LogP contribution >= 0.6 is 21.4 Å². The Morgan fingerprint density at radius 2 is 1.06 bits per heavy atom. The Kier molecular flexibility index (Phi) is 15.9. The number of rotatable bonds is 7. The van der Waals surface area contributed by atoms with Crippen LogP contribution < -0.4 is 0 Å². The quantitative estimate of drug-likeness (QED) is 0.102. The Bertz CT molecular complexity index is 1360. The number of ether oxygens (including phenoxy) is 1. The maximum absolute atomic E-state index is 11.5. The van der Waals surface area contributed by atoms with Gasteiger partial charge in [-0.1, -0.05) is 110 Å². The monoisotopic (exact) mass is 857 g/mol.